The van der Waals surface area contributed by atoms with Gasteiger partial charge in [-0.1, -0.05) is 58.0 Å². The molecule has 34 heavy (non-hydrogen) atoms. The largest absolute Gasteiger partial charge is 0.492 e. The van der Waals surface area contributed by atoms with Gasteiger partial charge < -0.3 is 19.3 Å². The molecule has 0 saturated carbocycles. The van der Waals surface area contributed by atoms with E-state index in [1.54, 1.807) is 0 Å². The molecular formula is C28H38Cl2N2O2. The zero-order valence-electron chi connectivity index (χ0n) is 20.8. The molecule has 0 bridgehead atoms. The molecule has 4 rings (SSSR count). The van der Waals surface area contributed by atoms with Gasteiger partial charge in [0.15, 0.2) is 0 Å². The predicted molar refractivity (Wildman–Crippen MR) is 149 cm³/mol. The van der Waals surface area contributed by atoms with Crippen molar-refractivity contribution < 1.29 is 9.47 Å². The number of hydrogen-bond acceptors (Lipinski definition) is 4. The van der Waals surface area contributed by atoms with Crippen LogP contribution < -0.4 is 9.47 Å². The number of likely N-dealkylation sites (N-methyl/N-ethyl adjacent to an activating group) is 2. The predicted octanol–water partition coefficient (Wildman–Crippen LogP) is 6.77. The van der Waals surface area contributed by atoms with Crippen molar-refractivity contribution in [3.05, 3.63) is 48.5 Å². The Balaban J connectivity index is 0.00000204. The number of ether oxygens (including phenoxy) is 2. The van der Waals surface area contributed by atoms with E-state index in [9.17, 15) is 0 Å². The molecule has 3 aromatic rings. The van der Waals surface area contributed by atoms with Crippen molar-refractivity contribution in [2.24, 2.45) is 0 Å². The van der Waals surface area contributed by atoms with Crippen molar-refractivity contribution in [3.8, 4) is 33.8 Å². The quantitative estimate of drug-likeness (QED) is 0.212. The molecule has 0 fully saturated rings. The fraction of sp³-hybridized carbons (Fsp3) is 0.429. The summed E-state index contributed by atoms with van der Waals surface area (Å²) in [5.74, 6) is 1.91. The number of benzene rings is 3. The van der Waals surface area contributed by atoms with E-state index >= 15 is 0 Å². The van der Waals surface area contributed by atoms with Crippen LogP contribution in [0.1, 0.15) is 27.7 Å². The normalized spacial score (nSPS) is 11.4. The number of rotatable bonds is 12. The zero-order chi connectivity index (χ0) is 22.5. The lowest BCUT2D eigenvalue weighted by atomic mass is 10.0. The van der Waals surface area contributed by atoms with Gasteiger partial charge in [-0.15, -0.1) is 24.8 Å². The molecular weight excluding hydrogens is 467 g/mol. The highest BCUT2D eigenvalue weighted by Crippen LogP contribution is 2.50. The molecule has 0 radical (unpaired) electrons. The summed E-state index contributed by atoms with van der Waals surface area (Å²) in [5, 5.41) is 2.49. The molecule has 0 saturated heterocycles. The SMILES string of the molecule is CCN(CC)CCOc1ccc2c(c1)-c1ccc(OCCN(CC)CC)c3cccc-2c13.Cl.Cl. The third kappa shape index (κ3) is 5.80. The highest BCUT2D eigenvalue weighted by atomic mass is 35.5. The van der Waals surface area contributed by atoms with Crippen molar-refractivity contribution in [2.75, 3.05) is 52.5 Å². The van der Waals surface area contributed by atoms with Crippen molar-refractivity contribution >= 4 is 35.6 Å². The summed E-state index contributed by atoms with van der Waals surface area (Å²) in [4.78, 5) is 4.77. The Hall–Kier alpha value is -1.98. The topological polar surface area (TPSA) is 24.9 Å². The lowest BCUT2D eigenvalue weighted by molar-refractivity contribution is 0.223. The van der Waals surface area contributed by atoms with Crippen molar-refractivity contribution in [2.45, 2.75) is 27.7 Å². The molecule has 0 spiro atoms. The second-order valence-corrected chi connectivity index (χ2v) is 8.30. The molecule has 186 valence electrons. The average Bonchev–Trinajstić information content (AvgIpc) is 3.15. The smallest absolute Gasteiger partial charge is 0.127 e. The van der Waals surface area contributed by atoms with Crippen LogP contribution in [-0.2, 0) is 0 Å². The Morgan fingerprint density at radius 2 is 1.21 bits per heavy atom. The van der Waals surface area contributed by atoms with Crippen LogP contribution in [0.3, 0.4) is 0 Å². The summed E-state index contributed by atoms with van der Waals surface area (Å²) in [7, 11) is 0. The van der Waals surface area contributed by atoms with Gasteiger partial charge in [0.2, 0.25) is 0 Å². The molecule has 1 aliphatic carbocycles. The van der Waals surface area contributed by atoms with Gasteiger partial charge in [-0.2, -0.15) is 0 Å². The molecule has 0 aliphatic heterocycles. The van der Waals surface area contributed by atoms with Crippen LogP contribution in [0.5, 0.6) is 11.5 Å². The highest BCUT2D eigenvalue weighted by Gasteiger charge is 2.23. The summed E-state index contributed by atoms with van der Waals surface area (Å²) in [5.41, 5.74) is 5.10. The molecule has 3 aromatic carbocycles. The van der Waals surface area contributed by atoms with Gasteiger partial charge in [-0.25, -0.2) is 0 Å². The zero-order valence-corrected chi connectivity index (χ0v) is 22.4. The first kappa shape index (κ1) is 28.3. The molecule has 6 heteroatoms. The first-order valence-corrected chi connectivity index (χ1v) is 12.1. The van der Waals surface area contributed by atoms with E-state index in [0.717, 1.165) is 50.8 Å². The van der Waals surface area contributed by atoms with Crippen LogP contribution in [0.2, 0.25) is 0 Å². The summed E-state index contributed by atoms with van der Waals surface area (Å²) >= 11 is 0. The van der Waals surface area contributed by atoms with Gasteiger partial charge in [-0.05, 0) is 66.6 Å². The summed E-state index contributed by atoms with van der Waals surface area (Å²) in [6.45, 7) is 16.3. The minimum atomic E-state index is 0. The first-order chi connectivity index (χ1) is 15.7. The van der Waals surface area contributed by atoms with E-state index in [1.807, 2.05) is 0 Å². The standard InChI is InChI=1S/C28H36N2O2.2ClH/c1-5-29(6-2)16-18-31-21-12-13-22-23-10-9-11-25-27(32-19-17-30(7-3)8-4)15-14-24(28(23)25)26(22)20-21;;/h9-15,20H,5-8,16-19H2,1-4H3;2*1H. The number of hydrogen-bond donors (Lipinski definition) is 0. The Labute approximate surface area is 217 Å². The molecule has 0 atom stereocenters. The van der Waals surface area contributed by atoms with Gasteiger partial charge in [0.1, 0.15) is 24.7 Å². The van der Waals surface area contributed by atoms with Crippen molar-refractivity contribution in [3.63, 3.8) is 0 Å². The molecule has 0 unspecified atom stereocenters. The van der Waals surface area contributed by atoms with Crippen molar-refractivity contribution in [1.29, 1.82) is 0 Å². The van der Waals surface area contributed by atoms with Gasteiger partial charge in [-0.3, -0.25) is 0 Å². The number of halogens is 2. The Bertz CT molecular complexity index is 1070. The molecule has 0 heterocycles. The van der Waals surface area contributed by atoms with E-state index in [0.29, 0.717) is 13.2 Å². The van der Waals surface area contributed by atoms with E-state index in [4.69, 9.17) is 9.47 Å². The molecule has 0 amide bonds. The molecule has 0 aromatic heterocycles. The summed E-state index contributed by atoms with van der Waals surface area (Å²) in [6.07, 6.45) is 0. The first-order valence-electron chi connectivity index (χ1n) is 12.1. The highest BCUT2D eigenvalue weighted by molar-refractivity contribution is 6.16. The minimum Gasteiger partial charge on any atom is -0.492 e. The summed E-state index contributed by atoms with van der Waals surface area (Å²) in [6, 6.07) is 17.4. The van der Waals surface area contributed by atoms with E-state index in [2.05, 4.69) is 86.0 Å². The van der Waals surface area contributed by atoms with Crippen LogP contribution in [0, 0.1) is 0 Å². The molecule has 4 nitrogen and oxygen atoms in total. The van der Waals surface area contributed by atoms with E-state index in [1.165, 1.54) is 33.0 Å². The number of fused-ring (bicyclic) bond motifs is 3. The number of nitrogens with zero attached hydrogens (tertiary/aromatic N) is 2. The van der Waals surface area contributed by atoms with Crippen LogP contribution in [-0.4, -0.2) is 62.3 Å². The molecule has 1 aliphatic rings. The summed E-state index contributed by atoms with van der Waals surface area (Å²) < 4.78 is 12.3. The monoisotopic (exact) mass is 504 g/mol. The fourth-order valence-electron chi connectivity index (χ4n) is 4.68. The lowest BCUT2D eigenvalue weighted by Gasteiger charge is -2.18. The van der Waals surface area contributed by atoms with Gasteiger partial charge in [0.25, 0.3) is 0 Å². The van der Waals surface area contributed by atoms with E-state index < -0.39 is 0 Å². The average molecular weight is 506 g/mol. The maximum absolute atomic E-state index is 6.24. The fourth-order valence-corrected chi connectivity index (χ4v) is 4.68. The Morgan fingerprint density at radius 1 is 0.618 bits per heavy atom. The van der Waals surface area contributed by atoms with Gasteiger partial charge >= 0.3 is 0 Å². The third-order valence-electron chi connectivity index (χ3n) is 6.70. The van der Waals surface area contributed by atoms with E-state index in [-0.39, 0.29) is 24.8 Å². The van der Waals surface area contributed by atoms with Crippen LogP contribution in [0.15, 0.2) is 48.5 Å². The van der Waals surface area contributed by atoms with Crippen LogP contribution >= 0.6 is 24.8 Å². The lowest BCUT2D eigenvalue weighted by Crippen LogP contribution is -2.27. The maximum Gasteiger partial charge on any atom is 0.127 e. The van der Waals surface area contributed by atoms with Crippen LogP contribution in [0.4, 0.5) is 0 Å². The third-order valence-corrected chi connectivity index (χ3v) is 6.70. The second kappa shape index (κ2) is 13.2. The minimum absolute atomic E-state index is 0. The van der Waals surface area contributed by atoms with Gasteiger partial charge in [0.05, 0.1) is 0 Å². The Kier molecular flexibility index (Phi) is 11.0. The van der Waals surface area contributed by atoms with Crippen molar-refractivity contribution in [1.82, 2.24) is 9.80 Å². The maximum atomic E-state index is 6.24. The van der Waals surface area contributed by atoms with Gasteiger partial charge in [0, 0.05) is 23.9 Å². The van der Waals surface area contributed by atoms with Crippen LogP contribution in [0.25, 0.3) is 33.0 Å². The second-order valence-electron chi connectivity index (χ2n) is 8.30. The Morgan fingerprint density at radius 3 is 1.85 bits per heavy atom. The molecule has 0 N–H and O–H groups in total.